The molecule has 0 saturated carbocycles. The maximum absolute atomic E-state index is 12.3. The zero-order valence-electron chi connectivity index (χ0n) is 15.7. The molecule has 3 rings (SSSR count). The topological polar surface area (TPSA) is 88.9 Å². The first-order valence-corrected chi connectivity index (χ1v) is 10.7. The van der Waals surface area contributed by atoms with Gasteiger partial charge in [0, 0.05) is 32.9 Å². The van der Waals surface area contributed by atoms with Crippen molar-refractivity contribution in [2.24, 2.45) is 0 Å². The predicted octanol–water partition coefficient (Wildman–Crippen LogP) is 4.36. The summed E-state index contributed by atoms with van der Waals surface area (Å²) in [6.07, 6.45) is 3.30. The van der Waals surface area contributed by atoms with Gasteiger partial charge in [-0.25, -0.2) is 9.67 Å². The van der Waals surface area contributed by atoms with Gasteiger partial charge in [-0.3, -0.25) is 9.59 Å². The van der Waals surface area contributed by atoms with Gasteiger partial charge in [0.25, 0.3) is 0 Å². The number of carbonyl (C=O) groups is 2. The molecule has 150 valence electrons. The number of benzene rings is 2. The second-order valence-electron chi connectivity index (χ2n) is 6.22. The van der Waals surface area contributed by atoms with E-state index in [1.165, 1.54) is 17.3 Å². The lowest BCUT2D eigenvalue weighted by Gasteiger charge is -2.12. The molecule has 1 aromatic heterocycles. The van der Waals surface area contributed by atoms with Crippen LogP contribution in [0, 0.1) is 0 Å². The zero-order valence-corrected chi connectivity index (χ0v) is 18.1. The Labute approximate surface area is 181 Å². The summed E-state index contributed by atoms with van der Waals surface area (Å²) >= 11 is 5.04. The number of hydrogen-bond acceptors (Lipinski definition) is 5. The molecule has 0 radical (unpaired) electrons. The number of hydrogen-bond donors (Lipinski definition) is 2. The normalized spacial score (nSPS) is 11.7. The van der Waals surface area contributed by atoms with Crippen LogP contribution in [0.25, 0.3) is 0 Å². The summed E-state index contributed by atoms with van der Waals surface area (Å²) in [6.45, 7) is 1.74. The first-order valence-electron chi connectivity index (χ1n) is 8.94. The summed E-state index contributed by atoms with van der Waals surface area (Å²) in [5.41, 5.74) is 1.33. The minimum Gasteiger partial charge on any atom is -0.326 e. The molecule has 0 aliphatic heterocycles. The molecule has 1 unspecified atom stereocenters. The molecule has 2 N–H and O–H groups in total. The Hall–Kier alpha value is -2.65. The van der Waals surface area contributed by atoms with E-state index in [-0.39, 0.29) is 11.8 Å². The van der Waals surface area contributed by atoms with Crippen molar-refractivity contribution >= 4 is 50.9 Å². The van der Waals surface area contributed by atoms with Gasteiger partial charge in [-0.1, -0.05) is 15.9 Å². The molecule has 0 bridgehead atoms. The van der Waals surface area contributed by atoms with Crippen LogP contribution in [-0.4, -0.2) is 32.3 Å². The van der Waals surface area contributed by atoms with E-state index in [1.54, 1.807) is 43.0 Å². The number of nitrogens with zero attached hydrogens (tertiary/aromatic N) is 3. The molecule has 0 fully saturated rings. The van der Waals surface area contributed by atoms with E-state index < -0.39 is 6.04 Å². The van der Waals surface area contributed by atoms with Crippen molar-refractivity contribution in [2.45, 2.75) is 24.3 Å². The summed E-state index contributed by atoms with van der Waals surface area (Å²) in [7, 11) is 0. The number of anilines is 2. The van der Waals surface area contributed by atoms with E-state index in [9.17, 15) is 9.59 Å². The largest absolute Gasteiger partial charge is 0.326 e. The van der Waals surface area contributed by atoms with Crippen molar-refractivity contribution in [2.75, 3.05) is 16.4 Å². The summed E-state index contributed by atoms with van der Waals surface area (Å²) < 4.78 is 2.52. The van der Waals surface area contributed by atoms with Crippen LogP contribution in [0.1, 0.15) is 19.4 Å². The van der Waals surface area contributed by atoms with Crippen LogP contribution >= 0.6 is 27.7 Å². The Morgan fingerprint density at radius 2 is 1.72 bits per heavy atom. The smallest absolute Gasteiger partial charge is 0.249 e. The SMILES string of the molecule is CC(C(=O)Nc1ccc(NC(=O)CCSc2ccc(Br)cc2)cc1)n1cncn1. The maximum atomic E-state index is 12.3. The van der Waals surface area contributed by atoms with Gasteiger partial charge >= 0.3 is 0 Å². The van der Waals surface area contributed by atoms with Crippen LogP contribution in [-0.2, 0) is 9.59 Å². The molecule has 0 aliphatic rings. The van der Waals surface area contributed by atoms with Crippen molar-refractivity contribution in [3.05, 3.63) is 65.7 Å². The van der Waals surface area contributed by atoms with E-state index >= 15 is 0 Å². The summed E-state index contributed by atoms with van der Waals surface area (Å²) in [5, 5.41) is 9.65. The summed E-state index contributed by atoms with van der Waals surface area (Å²) in [6, 6.07) is 14.5. The molecule has 0 aliphatic carbocycles. The number of carbonyl (C=O) groups excluding carboxylic acids is 2. The van der Waals surface area contributed by atoms with Crippen molar-refractivity contribution in [1.29, 1.82) is 0 Å². The van der Waals surface area contributed by atoms with Crippen LogP contribution in [0.5, 0.6) is 0 Å². The summed E-state index contributed by atoms with van der Waals surface area (Å²) in [4.78, 5) is 29.3. The number of amides is 2. The number of halogens is 1. The fourth-order valence-corrected chi connectivity index (χ4v) is 3.55. The highest BCUT2D eigenvalue weighted by molar-refractivity contribution is 9.10. The van der Waals surface area contributed by atoms with Crippen molar-refractivity contribution in [3.8, 4) is 0 Å². The van der Waals surface area contributed by atoms with Gasteiger partial charge in [0.2, 0.25) is 11.8 Å². The van der Waals surface area contributed by atoms with E-state index in [2.05, 4.69) is 36.6 Å². The highest BCUT2D eigenvalue weighted by Crippen LogP contribution is 2.21. The number of thioether (sulfide) groups is 1. The highest BCUT2D eigenvalue weighted by atomic mass is 79.9. The lowest BCUT2D eigenvalue weighted by Crippen LogP contribution is -2.24. The molecule has 29 heavy (non-hydrogen) atoms. The van der Waals surface area contributed by atoms with Crippen molar-refractivity contribution in [1.82, 2.24) is 14.8 Å². The Balaban J connectivity index is 1.44. The van der Waals surface area contributed by atoms with Crippen LogP contribution in [0.4, 0.5) is 11.4 Å². The number of rotatable bonds is 8. The maximum Gasteiger partial charge on any atom is 0.249 e. The first kappa shape index (κ1) is 21.1. The van der Waals surface area contributed by atoms with Gasteiger partial charge in [0.1, 0.15) is 18.7 Å². The minimum atomic E-state index is -0.472. The number of aromatic nitrogens is 3. The molecular weight excluding hydrogens is 454 g/mol. The molecule has 0 saturated heterocycles. The fraction of sp³-hybridized carbons (Fsp3) is 0.200. The lowest BCUT2D eigenvalue weighted by molar-refractivity contribution is -0.119. The van der Waals surface area contributed by atoms with Crippen LogP contribution in [0.2, 0.25) is 0 Å². The van der Waals surface area contributed by atoms with Gasteiger partial charge in [0.15, 0.2) is 0 Å². The molecule has 3 aromatic rings. The van der Waals surface area contributed by atoms with Gasteiger partial charge in [-0.05, 0) is 55.5 Å². The molecule has 0 spiro atoms. The van der Waals surface area contributed by atoms with E-state index in [0.717, 1.165) is 9.37 Å². The second-order valence-corrected chi connectivity index (χ2v) is 8.30. The average Bonchev–Trinajstić information content (AvgIpc) is 3.25. The molecule has 1 heterocycles. The van der Waals surface area contributed by atoms with E-state index in [0.29, 0.717) is 23.5 Å². The van der Waals surface area contributed by atoms with Gasteiger partial charge < -0.3 is 10.6 Å². The van der Waals surface area contributed by atoms with Gasteiger partial charge in [-0.15, -0.1) is 11.8 Å². The van der Waals surface area contributed by atoms with Crippen LogP contribution in [0.15, 0.2) is 70.6 Å². The fourth-order valence-electron chi connectivity index (χ4n) is 2.44. The molecule has 1 atom stereocenters. The van der Waals surface area contributed by atoms with Gasteiger partial charge in [-0.2, -0.15) is 5.10 Å². The van der Waals surface area contributed by atoms with E-state index in [1.807, 2.05) is 24.3 Å². The lowest BCUT2D eigenvalue weighted by atomic mass is 10.2. The molecular formula is C20H20BrN5O2S. The quantitative estimate of drug-likeness (QED) is 0.474. The highest BCUT2D eigenvalue weighted by Gasteiger charge is 2.15. The predicted molar refractivity (Wildman–Crippen MR) is 118 cm³/mol. The monoisotopic (exact) mass is 473 g/mol. The van der Waals surface area contributed by atoms with Crippen molar-refractivity contribution < 1.29 is 9.59 Å². The second kappa shape index (κ2) is 10.2. The third kappa shape index (κ3) is 6.43. The minimum absolute atomic E-state index is 0.0498. The van der Waals surface area contributed by atoms with Crippen LogP contribution < -0.4 is 10.6 Å². The zero-order chi connectivity index (χ0) is 20.6. The van der Waals surface area contributed by atoms with Crippen molar-refractivity contribution in [3.63, 3.8) is 0 Å². The Morgan fingerprint density at radius 3 is 2.34 bits per heavy atom. The number of nitrogens with one attached hydrogen (secondary N) is 2. The Kier molecular flexibility index (Phi) is 7.42. The van der Waals surface area contributed by atoms with Crippen LogP contribution in [0.3, 0.4) is 0 Å². The standard InChI is InChI=1S/C20H20BrN5O2S/c1-14(26-13-22-12-23-26)20(28)25-17-6-4-16(5-7-17)24-19(27)10-11-29-18-8-2-15(21)3-9-18/h2-9,12-14H,10-11H2,1H3,(H,24,27)(H,25,28). The molecule has 7 nitrogen and oxygen atoms in total. The molecule has 2 amide bonds. The third-order valence-corrected chi connectivity index (χ3v) is 5.60. The summed E-state index contributed by atoms with van der Waals surface area (Å²) in [5.74, 6) is 0.449. The Morgan fingerprint density at radius 1 is 1.07 bits per heavy atom. The molecule has 9 heteroatoms. The average molecular weight is 474 g/mol. The van der Waals surface area contributed by atoms with E-state index in [4.69, 9.17) is 0 Å². The Bertz CT molecular complexity index is 946. The third-order valence-electron chi connectivity index (χ3n) is 4.06. The first-order chi connectivity index (χ1) is 14.0. The van der Waals surface area contributed by atoms with Gasteiger partial charge in [0.05, 0.1) is 0 Å². The molecule has 2 aromatic carbocycles.